The van der Waals surface area contributed by atoms with Gasteiger partial charge in [-0.3, -0.25) is 4.79 Å². The maximum Gasteiger partial charge on any atom is 0.327 e. The van der Waals surface area contributed by atoms with Crippen molar-refractivity contribution < 1.29 is 14.7 Å². The quantitative estimate of drug-likeness (QED) is 0.915. The second kappa shape index (κ2) is 5.71. The number of carbonyl (C=O) groups excluding carboxylic acids is 1. The Morgan fingerprint density at radius 1 is 1.61 bits per heavy atom. The second-order valence-electron chi connectivity index (χ2n) is 4.02. The van der Waals surface area contributed by atoms with Crippen LogP contribution in [0.25, 0.3) is 0 Å². The molecular weight excluding hydrogens is 272 g/mol. The number of aliphatic carboxylic acids is 1. The molecule has 1 saturated heterocycles. The number of hydrogen-bond acceptors (Lipinski definition) is 5. The Labute approximate surface area is 113 Å². The van der Waals surface area contributed by atoms with Gasteiger partial charge in [-0.2, -0.15) is 0 Å². The molecule has 1 aliphatic heterocycles. The van der Waals surface area contributed by atoms with Crippen molar-refractivity contribution in [2.45, 2.75) is 31.2 Å². The van der Waals surface area contributed by atoms with E-state index in [-0.39, 0.29) is 11.3 Å². The van der Waals surface area contributed by atoms with Crippen LogP contribution in [-0.2, 0) is 4.79 Å². The van der Waals surface area contributed by atoms with Gasteiger partial charge in [0.1, 0.15) is 11.7 Å². The molecule has 2 rings (SSSR count). The highest BCUT2D eigenvalue weighted by Crippen LogP contribution is 2.33. The van der Waals surface area contributed by atoms with Gasteiger partial charge in [0.2, 0.25) is 0 Å². The van der Waals surface area contributed by atoms with Crippen molar-refractivity contribution in [1.82, 2.24) is 9.88 Å². The third kappa shape index (κ3) is 2.51. The van der Waals surface area contributed by atoms with Crippen molar-refractivity contribution in [3.8, 4) is 0 Å². The first-order chi connectivity index (χ1) is 8.65. The molecule has 1 aliphatic rings. The van der Waals surface area contributed by atoms with E-state index in [1.807, 2.05) is 6.92 Å². The lowest BCUT2D eigenvalue weighted by Crippen LogP contribution is -2.45. The van der Waals surface area contributed by atoms with E-state index < -0.39 is 12.0 Å². The van der Waals surface area contributed by atoms with Crippen molar-refractivity contribution >= 4 is 35.0 Å². The molecule has 0 aliphatic carbocycles. The number of carboxylic acid groups (broad SMARTS) is 1. The topological polar surface area (TPSA) is 70.5 Å². The normalized spacial score (nSPS) is 23.3. The first-order valence-electron chi connectivity index (χ1n) is 5.70. The van der Waals surface area contributed by atoms with E-state index in [1.54, 1.807) is 10.9 Å². The van der Waals surface area contributed by atoms with Crippen molar-refractivity contribution in [3.63, 3.8) is 0 Å². The van der Waals surface area contributed by atoms with Gasteiger partial charge in [-0.05, 0) is 6.42 Å². The minimum Gasteiger partial charge on any atom is -0.480 e. The van der Waals surface area contributed by atoms with Crippen LogP contribution in [0.1, 0.15) is 30.3 Å². The van der Waals surface area contributed by atoms with Crippen molar-refractivity contribution in [2.75, 3.05) is 5.75 Å². The van der Waals surface area contributed by atoms with Crippen LogP contribution in [0.2, 0.25) is 0 Å². The number of hydrogen-bond donors (Lipinski definition) is 1. The number of thiazole rings is 1. The second-order valence-corrected chi connectivity index (χ2v) is 5.95. The van der Waals surface area contributed by atoms with Gasteiger partial charge in [0.25, 0.3) is 5.91 Å². The molecule has 0 radical (unpaired) electrons. The molecule has 1 N–H and O–H groups in total. The van der Waals surface area contributed by atoms with E-state index in [2.05, 4.69) is 4.98 Å². The molecule has 0 saturated carbocycles. The fraction of sp³-hybridized carbons (Fsp3) is 0.545. The molecule has 1 aromatic heterocycles. The molecule has 2 heterocycles. The molecule has 0 aromatic carbocycles. The summed E-state index contributed by atoms with van der Waals surface area (Å²) < 4.78 is 0. The lowest BCUT2D eigenvalue weighted by atomic mass is 10.2. The van der Waals surface area contributed by atoms with Gasteiger partial charge in [0.05, 0.1) is 10.9 Å². The summed E-state index contributed by atoms with van der Waals surface area (Å²) in [6.07, 6.45) is 1.73. The Bertz CT molecular complexity index is 436. The van der Waals surface area contributed by atoms with Crippen LogP contribution in [-0.4, -0.2) is 44.0 Å². The summed E-state index contributed by atoms with van der Waals surface area (Å²) in [7, 11) is 0. The van der Waals surface area contributed by atoms with E-state index in [0.717, 1.165) is 12.8 Å². The number of carboxylic acids is 1. The predicted octanol–water partition coefficient (Wildman–Crippen LogP) is 1.91. The van der Waals surface area contributed by atoms with Gasteiger partial charge in [0.15, 0.2) is 0 Å². The Balaban J connectivity index is 2.23. The molecule has 2 atom stereocenters. The molecule has 18 heavy (non-hydrogen) atoms. The summed E-state index contributed by atoms with van der Waals surface area (Å²) in [5.41, 5.74) is 1.93. The largest absolute Gasteiger partial charge is 0.480 e. The Morgan fingerprint density at radius 3 is 2.94 bits per heavy atom. The molecule has 98 valence electrons. The van der Waals surface area contributed by atoms with Crippen molar-refractivity contribution in [3.05, 3.63) is 16.6 Å². The number of rotatable bonds is 4. The molecule has 7 heteroatoms. The third-order valence-electron chi connectivity index (χ3n) is 2.80. The number of carbonyl (C=O) groups is 2. The summed E-state index contributed by atoms with van der Waals surface area (Å²) in [5.74, 6) is -0.757. The van der Waals surface area contributed by atoms with E-state index in [0.29, 0.717) is 11.4 Å². The van der Waals surface area contributed by atoms with Gasteiger partial charge in [-0.1, -0.05) is 13.3 Å². The molecule has 1 fully saturated rings. The number of thioether (sulfide) groups is 1. The molecule has 0 spiro atoms. The average molecular weight is 286 g/mol. The highest BCUT2D eigenvalue weighted by molar-refractivity contribution is 8.00. The first-order valence-corrected chi connectivity index (χ1v) is 7.69. The lowest BCUT2D eigenvalue weighted by Gasteiger charge is -2.26. The number of nitrogens with zero attached hydrogens (tertiary/aromatic N) is 2. The zero-order chi connectivity index (χ0) is 13.1. The van der Waals surface area contributed by atoms with Crippen molar-refractivity contribution in [1.29, 1.82) is 0 Å². The molecular formula is C11H14N2O3S2. The van der Waals surface area contributed by atoms with Gasteiger partial charge < -0.3 is 10.0 Å². The molecule has 2 unspecified atom stereocenters. The highest BCUT2D eigenvalue weighted by Gasteiger charge is 2.41. The lowest BCUT2D eigenvalue weighted by molar-refractivity contribution is -0.141. The monoisotopic (exact) mass is 286 g/mol. The average Bonchev–Trinajstić information content (AvgIpc) is 2.97. The number of amides is 1. The maximum absolute atomic E-state index is 12.3. The van der Waals surface area contributed by atoms with E-state index in [9.17, 15) is 14.7 Å². The highest BCUT2D eigenvalue weighted by atomic mass is 32.2. The van der Waals surface area contributed by atoms with Gasteiger partial charge in [-0.15, -0.1) is 23.1 Å². The first kappa shape index (κ1) is 13.4. The van der Waals surface area contributed by atoms with Gasteiger partial charge in [-0.25, -0.2) is 9.78 Å². The molecule has 1 aromatic rings. The van der Waals surface area contributed by atoms with E-state index in [4.69, 9.17) is 0 Å². The summed E-state index contributed by atoms with van der Waals surface area (Å²) in [5, 5.41) is 10.8. The summed E-state index contributed by atoms with van der Waals surface area (Å²) in [6.45, 7) is 2.03. The number of aromatic nitrogens is 1. The smallest absolute Gasteiger partial charge is 0.327 e. The van der Waals surface area contributed by atoms with Crippen LogP contribution >= 0.6 is 23.1 Å². The maximum atomic E-state index is 12.3. The standard InChI is InChI=1S/C11H14N2O3S2/c1-2-3-9-13(8(5-18-9)11(15)16)10(14)7-4-17-6-12-7/h4,6,8-9H,2-3,5H2,1H3,(H,15,16). The fourth-order valence-corrected chi connectivity index (χ4v) is 3.99. The zero-order valence-corrected chi connectivity index (χ0v) is 11.5. The Morgan fingerprint density at radius 2 is 2.39 bits per heavy atom. The van der Waals surface area contributed by atoms with Crippen LogP contribution in [0.5, 0.6) is 0 Å². The van der Waals surface area contributed by atoms with E-state index >= 15 is 0 Å². The molecule has 0 bridgehead atoms. The van der Waals surface area contributed by atoms with Crippen molar-refractivity contribution in [2.24, 2.45) is 0 Å². The van der Waals surface area contributed by atoms with Crippen LogP contribution in [0.4, 0.5) is 0 Å². The summed E-state index contributed by atoms with van der Waals surface area (Å²) >= 11 is 2.88. The van der Waals surface area contributed by atoms with Gasteiger partial charge >= 0.3 is 5.97 Å². The Kier molecular flexibility index (Phi) is 4.23. The SMILES string of the molecule is CCCC1SCC(C(=O)O)N1C(=O)c1cscn1. The zero-order valence-electron chi connectivity index (χ0n) is 9.91. The summed E-state index contributed by atoms with van der Waals surface area (Å²) in [6, 6.07) is -0.735. The fourth-order valence-electron chi connectivity index (χ4n) is 1.95. The Hall–Kier alpha value is -1.08. The molecule has 5 nitrogen and oxygen atoms in total. The van der Waals surface area contributed by atoms with Gasteiger partial charge in [0, 0.05) is 11.1 Å². The van der Waals surface area contributed by atoms with Crippen LogP contribution < -0.4 is 0 Å². The van der Waals surface area contributed by atoms with E-state index in [1.165, 1.54) is 28.0 Å². The minimum atomic E-state index is -0.940. The minimum absolute atomic E-state index is 0.0506. The predicted molar refractivity (Wildman–Crippen MR) is 70.9 cm³/mol. The third-order valence-corrected chi connectivity index (χ3v) is 4.74. The van der Waals surface area contributed by atoms with Crippen LogP contribution in [0.3, 0.4) is 0 Å². The summed E-state index contributed by atoms with van der Waals surface area (Å²) in [4.78, 5) is 29.0. The molecule has 1 amide bonds. The van der Waals surface area contributed by atoms with Crippen LogP contribution in [0, 0.1) is 0 Å². The van der Waals surface area contributed by atoms with Crippen LogP contribution in [0.15, 0.2) is 10.9 Å².